The summed E-state index contributed by atoms with van der Waals surface area (Å²) >= 11 is 1.01. The molecule has 1 aromatic rings. The van der Waals surface area contributed by atoms with Gasteiger partial charge >= 0.3 is 0 Å². The number of ether oxygens (including phenoxy) is 1. The molecular formula is C15H14N4O2S. The maximum absolute atomic E-state index is 9.78. The number of allylic oxidation sites excluding steroid dienone is 2. The number of phenolic OH excluding ortho intramolecular Hbond substituents is 1. The summed E-state index contributed by atoms with van der Waals surface area (Å²) in [5.74, 6) is -0.386. The molecule has 0 radical (unpaired) electrons. The highest BCUT2D eigenvalue weighted by Gasteiger charge is 2.31. The molecule has 5 N–H and O–H groups in total. The smallest absolute Gasteiger partial charge is 0.161 e. The number of rotatable bonds is 3. The Morgan fingerprint density at radius 1 is 1.23 bits per heavy atom. The molecule has 22 heavy (non-hydrogen) atoms. The number of hydrogen-bond donors (Lipinski definition) is 3. The van der Waals surface area contributed by atoms with Crippen molar-refractivity contribution in [3.63, 3.8) is 0 Å². The average molecular weight is 314 g/mol. The Kier molecular flexibility index (Phi) is 4.50. The van der Waals surface area contributed by atoms with Gasteiger partial charge < -0.3 is 21.3 Å². The van der Waals surface area contributed by atoms with E-state index in [0.717, 1.165) is 11.8 Å². The van der Waals surface area contributed by atoms with Crippen LogP contribution in [0.2, 0.25) is 0 Å². The van der Waals surface area contributed by atoms with E-state index < -0.39 is 5.92 Å². The molecule has 6 nitrogen and oxygen atoms in total. The SMILES string of the molecule is CCOc1cc(C2C(C#N)=C(N)SC(N)=C2C#N)ccc1O. The molecule has 0 amide bonds. The van der Waals surface area contributed by atoms with Gasteiger partial charge in [0.25, 0.3) is 0 Å². The normalized spacial score (nSPS) is 15.4. The predicted octanol–water partition coefficient (Wildman–Crippen LogP) is 2.01. The number of nitrogens with two attached hydrogens (primary N) is 2. The van der Waals surface area contributed by atoms with Crippen LogP contribution in [0.4, 0.5) is 0 Å². The topological polar surface area (TPSA) is 129 Å². The van der Waals surface area contributed by atoms with Crippen LogP contribution in [0.5, 0.6) is 11.5 Å². The lowest BCUT2D eigenvalue weighted by atomic mass is 9.85. The van der Waals surface area contributed by atoms with Crippen molar-refractivity contribution in [1.29, 1.82) is 10.5 Å². The van der Waals surface area contributed by atoms with Crippen molar-refractivity contribution in [2.45, 2.75) is 12.8 Å². The lowest BCUT2D eigenvalue weighted by Gasteiger charge is -2.24. The molecule has 0 saturated carbocycles. The largest absolute Gasteiger partial charge is 0.504 e. The van der Waals surface area contributed by atoms with Crippen LogP contribution in [0.25, 0.3) is 0 Å². The summed E-state index contributed by atoms with van der Waals surface area (Å²) in [4.78, 5) is 0. The summed E-state index contributed by atoms with van der Waals surface area (Å²) < 4.78 is 5.34. The van der Waals surface area contributed by atoms with Crippen LogP contribution < -0.4 is 16.2 Å². The summed E-state index contributed by atoms with van der Waals surface area (Å²) in [6.07, 6.45) is 0. The first-order chi connectivity index (χ1) is 10.5. The second-order valence-electron chi connectivity index (χ2n) is 4.47. The van der Waals surface area contributed by atoms with Crippen LogP contribution in [0.15, 0.2) is 39.4 Å². The molecule has 0 aromatic heterocycles. The Labute approximate surface area is 132 Å². The number of benzene rings is 1. The van der Waals surface area contributed by atoms with E-state index in [1.54, 1.807) is 19.1 Å². The first-order valence-corrected chi connectivity index (χ1v) is 7.28. The Balaban J connectivity index is 2.61. The van der Waals surface area contributed by atoms with Gasteiger partial charge in [-0.15, -0.1) is 0 Å². The molecule has 1 aromatic carbocycles. The third-order valence-electron chi connectivity index (χ3n) is 3.19. The van der Waals surface area contributed by atoms with Gasteiger partial charge in [0.05, 0.1) is 45.9 Å². The quantitative estimate of drug-likeness (QED) is 0.778. The molecule has 0 aliphatic carbocycles. The Morgan fingerprint density at radius 2 is 1.82 bits per heavy atom. The lowest BCUT2D eigenvalue weighted by molar-refractivity contribution is 0.317. The molecule has 7 heteroatoms. The van der Waals surface area contributed by atoms with Gasteiger partial charge in [-0.2, -0.15) is 10.5 Å². The number of phenols is 1. The van der Waals surface area contributed by atoms with Crippen LogP contribution in [-0.2, 0) is 0 Å². The maximum Gasteiger partial charge on any atom is 0.161 e. The van der Waals surface area contributed by atoms with E-state index >= 15 is 0 Å². The van der Waals surface area contributed by atoms with Gasteiger partial charge in [0.1, 0.15) is 0 Å². The number of aromatic hydroxyl groups is 1. The minimum absolute atomic E-state index is 0.0123. The van der Waals surface area contributed by atoms with Crippen molar-refractivity contribution in [3.05, 3.63) is 45.0 Å². The highest BCUT2D eigenvalue weighted by molar-refractivity contribution is 8.06. The summed E-state index contributed by atoms with van der Waals surface area (Å²) in [5.41, 5.74) is 12.9. The second kappa shape index (κ2) is 6.33. The number of nitriles is 2. The van der Waals surface area contributed by atoms with Gasteiger partial charge in [-0.05, 0) is 24.6 Å². The minimum atomic E-state index is -0.656. The number of hydrogen-bond acceptors (Lipinski definition) is 7. The predicted molar refractivity (Wildman–Crippen MR) is 83.3 cm³/mol. The fourth-order valence-corrected chi connectivity index (χ4v) is 3.00. The van der Waals surface area contributed by atoms with E-state index in [9.17, 15) is 15.6 Å². The van der Waals surface area contributed by atoms with Crippen LogP contribution >= 0.6 is 11.8 Å². The molecule has 1 aliphatic heterocycles. The molecule has 0 fully saturated rings. The van der Waals surface area contributed by atoms with Crippen molar-refractivity contribution in [2.75, 3.05) is 6.61 Å². The summed E-state index contributed by atoms with van der Waals surface area (Å²) in [6, 6.07) is 8.75. The molecule has 0 atom stereocenters. The third-order valence-corrected chi connectivity index (χ3v) is 4.07. The average Bonchev–Trinajstić information content (AvgIpc) is 2.49. The van der Waals surface area contributed by atoms with Crippen LogP contribution in [0, 0.1) is 22.7 Å². The van der Waals surface area contributed by atoms with E-state index in [4.69, 9.17) is 16.2 Å². The van der Waals surface area contributed by atoms with E-state index in [-0.39, 0.29) is 32.7 Å². The van der Waals surface area contributed by atoms with Gasteiger partial charge in [0, 0.05) is 0 Å². The van der Waals surface area contributed by atoms with Gasteiger partial charge in [-0.1, -0.05) is 17.8 Å². The minimum Gasteiger partial charge on any atom is -0.504 e. The summed E-state index contributed by atoms with van der Waals surface area (Å²) in [7, 11) is 0. The molecule has 1 aliphatic rings. The van der Waals surface area contributed by atoms with Gasteiger partial charge in [-0.3, -0.25) is 0 Å². The molecule has 2 rings (SSSR count). The van der Waals surface area contributed by atoms with Crippen molar-refractivity contribution in [1.82, 2.24) is 0 Å². The highest BCUT2D eigenvalue weighted by atomic mass is 32.2. The molecule has 0 saturated heterocycles. The van der Waals surface area contributed by atoms with Crippen LogP contribution in [-0.4, -0.2) is 11.7 Å². The van der Waals surface area contributed by atoms with E-state index in [0.29, 0.717) is 12.2 Å². The second-order valence-corrected chi connectivity index (χ2v) is 5.56. The Hall–Kier alpha value is -2.77. The first-order valence-electron chi connectivity index (χ1n) is 6.46. The van der Waals surface area contributed by atoms with E-state index in [2.05, 4.69) is 0 Å². The first kappa shape index (κ1) is 15.6. The fraction of sp³-hybridized carbons (Fsp3) is 0.200. The molecule has 0 bridgehead atoms. The molecule has 0 unspecified atom stereocenters. The van der Waals surface area contributed by atoms with Gasteiger partial charge in [0.15, 0.2) is 11.5 Å². The van der Waals surface area contributed by atoms with Crippen molar-refractivity contribution in [2.24, 2.45) is 11.5 Å². The molecule has 0 spiro atoms. The summed E-state index contributed by atoms with van der Waals surface area (Å²) in [5, 5.41) is 29.1. The van der Waals surface area contributed by atoms with Crippen LogP contribution in [0.3, 0.4) is 0 Å². The van der Waals surface area contributed by atoms with Crippen molar-refractivity contribution in [3.8, 4) is 23.6 Å². The Bertz CT molecular complexity index is 720. The van der Waals surface area contributed by atoms with Crippen molar-refractivity contribution >= 4 is 11.8 Å². The molecule has 112 valence electrons. The third kappa shape index (κ3) is 2.67. The maximum atomic E-state index is 9.78. The van der Waals surface area contributed by atoms with Crippen LogP contribution in [0.1, 0.15) is 18.4 Å². The summed E-state index contributed by atoms with van der Waals surface area (Å²) in [6.45, 7) is 2.17. The highest BCUT2D eigenvalue weighted by Crippen LogP contribution is 2.44. The molecular weight excluding hydrogens is 300 g/mol. The molecule has 1 heterocycles. The monoisotopic (exact) mass is 314 g/mol. The zero-order valence-electron chi connectivity index (χ0n) is 11.8. The zero-order valence-corrected chi connectivity index (χ0v) is 12.6. The van der Waals surface area contributed by atoms with Gasteiger partial charge in [-0.25, -0.2) is 0 Å². The fourth-order valence-electron chi connectivity index (χ4n) is 2.21. The zero-order chi connectivity index (χ0) is 16.3. The Morgan fingerprint density at radius 3 is 2.32 bits per heavy atom. The van der Waals surface area contributed by atoms with Gasteiger partial charge in [0.2, 0.25) is 0 Å². The van der Waals surface area contributed by atoms with E-state index in [1.807, 2.05) is 12.1 Å². The number of nitrogens with zero attached hydrogens (tertiary/aromatic N) is 2. The lowest BCUT2D eigenvalue weighted by Crippen LogP contribution is -2.18. The van der Waals surface area contributed by atoms with E-state index in [1.165, 1.54) is 6.07 Å². The standard InChI is InChI=1S/C15H14N4O2S/c1-2-21-12-5-8(3-4-11(12)20)13-9(6-16)14(18)22-15(19)10(13)7-17/h3-5,13,20H,2,18-19H2,1H3. The number of thioether (sulfide) groups is 1. The van der Waals surface area contributed by atoms with Crippen molar-refractivity contribution < 1.29 is 9.84 Å².